The van der Waals surface area contributed by atoms with Gasteiger partial charge in [-0.2, -0.15) is 5.10 Å². The van der Waals surface area contributed by atoms with Crippen LogP contribution in [-0.4, -0.2) is 55.9 Å². The Hall–Kier alpha value is -2.36. The van der Waals surface area contributed by atoms with E-state index in [1.165, 1.54) is 11.3 Å². The van der Waals surface area contributed by atoms with Crippen LogP contribution < -0.4 is 5.32 Å². The van der Waals surface area contributed by atoms with Crippen molar-refractivity contribution < 1.29 is 9.53 Å². The topological polar surface area (TPSA) is 85.2 Å². The van der Waals surface area contributed by atoms with E-state index in [0.717, 1.165) is 47.7 Å². The highest BCUT2D eigenvalue weighted by Gasteiger charge is 2.24. The van der Waals surface area contributed by atoms with Crippen LogP contribution in [0.2, 0.25) is 0 Å². The number of rotatable bonds is 5. The van der Waals surface area contributed by atoms with Crippen molar-refractivity contribution in [3.63, 3.8) is 0 Å². The van der Waals surface area contributed by atoms with E-state index in [1.54, 1.807) is 4.68 Å². The summed E-state index contributed by atoms with van der Waals surface area (Å²) in [4.78, 5) is 24.9. The van der Waals surface area contributed by atoms with Gasteiger partial charge in [-0.3, -0.25) is 19.7 Å². The maximum absolute atomic E-state index is 13.2. The fourth-order valence-corrected chi connectivity index (χ4v) is 4.88. The van der Waals surface area contributed by atoms with E-state index in [2.05, 4.69) is 48.0 Å². The Morgan fingerprint density at radius 3 is 2.68 bits per heavy atom. The van der Waals surface area contributed by atoms with Crippen molar-refractivity contribution in [1.29, 1.82) is 0 Å². The van der Waals surface area contributed by atoms with Gasteiger partial charge in [0.25, 0.3) is 5.91 Å². The first kappa shape index (κ1) is 21.9. The number of pyridine rings is 1. The summed E-state index contributed by atoms with van der Waals surface area (Å²) in [5, 5.41) is 10.9. The predicted octanol–water partition coefficient (Wildman–Crippen LogP) is 3.72. The fraction of sp³-hybridized carbons (Fsp3) is 0.545. The molecule has 0 aliphatic carbocycles. The van der Waals surface area contributed by atoms with Crippen LogP contribution in [0.5, 0.6) is 0 Å². The van der Waals surface area contributed by atoms with Gasteiger partial charge in [0.15, 0.2) is 10.8 Å². The number of morpholine rings is 1. The highest BCUT2D eigenvalue weighted by Crippen LogP contribution is 2.26. The lowest BCUT2D eigenvalue weighted by Crippen LogP contribution is -2.44. The van der Waals surface area contributed by atoms with Crippen molar-refractivity contribution in [2.45, 2.75) is 59.3 Å². The summed E-state index contributed by atoms with van der Waals surface area (Å²) in [5.74, 6) is 0.0239. The Kier molecular flexibility index (Phi) is 6.09. The molecule has 2 atom stereocenters. The normalized spacial score (nSPS) is 20.0. The second-order valence-electron chi connectivity index (χ2n) is 8.71. The molecule has 4 heterocycles. The molecule has 1 aliphatic rings. The van der Waals surface area contributed by atoms with Crippen molar-refractivity contribution >= 4 is 33.4 Å². The summed E-state index contributed by atoms with van der Waals surface area (Å²) >= 11 is 1.45. The number of nitrogens with one attached hydrogen (secondary N) is 1. The second-order valence-corrected chi connectivity index (χ2v) is 9.56. The van der Waals surface area contributed by atoms with Gasteiger partial charge in [-0.25, -0.2) is 9.97 Å². The first-order valence-electron chi connectivity index (χ1n) is 10.7. The molecule has 0 saturated carbocycles. The van der Waals surface area contributed by atoms with E-state index in [0.29, 0.717) is 10.7 Å². The van der Waals surface area contributed by atoms with E-state index in [-0.39, 0.29) is 24.0 Å². The Morgan fingerprint density at radius 2 is 2.00 bits per heavy atom. The average molecular weight is 443 g/mol. The van der Waals surface area contributed by atoms with Crippen LogP contribution in [0.1, 0.15) is 61.1 Å². The summed E-state index contributed by atoms with van der Waals surface area (Å²) in [7, 11) is 1.86. The highest BCUT2D eigenvalue weighted by molar-refractivity contribution is 7.14. The van der Waals surface area contributed by atoms with Gasteiger partial charge in [0.05, 0.1) is 34.5 Å². The highest BCUT2D eigenvalue weighted by atomic mass is 32.1. The average Bonchev–Trinajstić information content (AvgIpc) is 3.23. The number of nitrogens with zero attached hydrogens (tertiary/aromatic N) is 5. The minimum Gasteiger partial charge on any atom is -0.373 e. The maximum atomic E-state index is 13.2. The molecular weight excluding hydrogens is 412 g/mol. The summed E-state index contributed by atoms with van der Waals surface area (Å²) in [6, 6.07) is 1.88. The van der Waals surface area contributed by atoms with Crippen LogP contribution in [0, 0.1) is 6.92 Å². The third-order valence-corrected chi connectivity index (χ3v) is 6.28. The molecule has 0 unspecified atom stereocenters. The van der Waals surface area contributed by atoms with E-state index in [4.69, 9.17) is 9.72 Å². The lowest BCUT2D eigenvalue weighted by atomic mass is 10.0. The zero-order valence-electron chi connectivity index (χ0n) is 19.0. The summed E-state index contributed by atoms with van der Waals surface area (Å²) in [6.07, 6.45) is 0.432. The van der Waals surface area contributed by atoms with Crippen LogP contribution in [0.3, 0.4) is 0 Å². The molecule has 4 rings (SSSR count). The minimum atomic E-state index is -0.181. The van der Waals surface area contributed by atoms with Crippen LogP contribution in [0.25, 0.3) is 11.0 Å². The minimum absolute atomic E-state index is 0.181. The molecule has 1 fully saturated rings. The molecule has 0 aromatic carbocycles. The zero-order valence-corrected chi connectivity index (χ0v) is 19.8. The van der Waals surface area contributed by atoms with Crippen LogP contribution in [0.4, 0.5) is 5.13 Å². The lowest BCUT2D eigenvalue weighted by Gasteiger charge is -2.34. The molecular formula is C22H30N6O2S. The molecule has 0 radical (unpaired) electrons. The van der Waals surface area contributed by atoms with Gasteiger partial charge in [-0.1, -0.05) is 13.8 Å². The first-order valence-corrected chi connectivity index (χ1v) is 11.6. The first-order chi connectivity index (χ1) is 14.7. The van der Waals surface area contributed by atoms with Gasteiger partial charge in [0, 0.05) is 37.8 Å². The van der Waals surface area contributed by atoms with Crippen molar-refractivity contribution in [3.05, 3.63) is 34.1 Å². The predicted molar refractivity (Wildman–Crippen MR) is 123 cm³/mol. The van der Waals surface area contributed by atoms with E-state index in [9.17, 15) is 4.79 Å². The Morgan fingerprint density at radius 1 is 1.29 bits per heavy atom. The van der Waals surface area contributed by atoms with Crippen LogP contribution in [-0.2, 0) is 18.3 Å². The molecule has 1 N–H and O–H groups in total. The Balaban J connectivity index is 1.55. The number of hydrogen-bond acceptors (Lipinski definition) is 7. The second kappa shape index (κ2) is 8.64. The molecule has 0 bridgehead atoms. The van der Waals surface area contributed by atoms with Gasteiger partial charge in [-0.15, -0.1) is 11.3 Å². The van der Waals surface area contributed by atoms with Crippen molar-refractivity contribution in [2.75, 3.05) is 18.4 Å². The Bertz CT molecular complexity index is 1100. The molecule has 3 aromatic heterocycles. The fourth-order valence-electron chi connectivity index (χ4n) is 4.18. The van der Waals surface area contributed by atoms with Crippen LogP contribution >= 0.6 is 11.3 Å². The largest absolute Gasteiger partial charge is 0.373 e. The number of aryl methyl sites for hydroxylation is 2. The number of ether oxygens (including phenoxy) is 1. The van der Waals surface area contributed by atoms with Crippen LogP contribution in [0.15, 0.2) is 11.4 Å². The Labute approximate surface area is 186 Å². The number of fused-ring (bicyclic) bond motifs is 1. The lowest BCUT2D eigenvalue weighted by molar-refractivity contribution is -0.0707. The van der Waals surface area contributed by atoms with E-state index in [1.807, 2.05) is 25.4 Å². The zero-order chi connectivity index (χ0) is 22.3. The molecule has 1 saturated heterocycles. The molecule has 3 aromatic rings. The number of thiazole rings is 1. The number of carbonyl (C=O) groups excluding carboxylic acids is 1. The SMILES string of the molecule is Cc1nn(C)c2nc(C(C)C)cc(C(=O)Nc3nc(CN4C[C@@H](C)O[C@H](C)C4)cs3)c12. The molecule has 0 spiro atoms. The van der Waals surface area contributed by atoms with Crippen molar-refractivity contribution in [3.8, 4) is 0 Å². The third kappa shape index (κ3) is 4.63. The molecule has 31 heavy (non-hydrogen) atoms. The van der Waals surface area contributed by atoms with E-state index < -0.39 is 0 Å². The van der Waals surface area contributed by atoms with E-state index >= 15 is 0 Å². The molecule has 1 aliphatic heterocycles. The van der Waals surface area contributed by atoms with Gasteiger partial charge in [0.1, 0.15) is 0 Å². The molecule has 8 nitrogen and oxygen atoms in total. The number of hydrogen-bond donors (Lipinski definition) is 1. The monoisotopic (exact) mass is 442 g/mol. The molecule has 166 valence electrons. The smallest absolute Gasteiger partial charge is 0.258 e. The number of anilines is 1. The molecule has 9 heteroatoms. The van der Waals surface area contributed by atoms with Gasteiger partial charge >= 0.3 is 0 Å². The summed E-state index contributed by atoms with van der Waals surface area (Å²) in [6.45, 7) is 12.8. The van der Waals surface area contributed by atoms with Gasteiger partial charge in [0.2, 0.25) is 0 Å². The number of amides is 1. The van der Waals surface area contributed by atoms with Crippen molar-refractivity contribution in [2.24, 2.45) is 7.05 Å². The van der Waals surface area contributed by atoms with Gasteiger partial charge in [-0.05, 0) is 32.8 Å². The standard InChI is InChI=1S/C22H30N6O2S/c1-12(2)18-7-17(19-15(5)26-27(6)20(19)24-18)21(29)25-22-23-16(11-31-22)10-28-8-13(3)30-14(4)9-28/h7,11-14H,8-10H2,1-6H3,(H,23,25,29)/t13-,14-/m1/s1. The van der Waals surface area contributed by atoms with Crippen molar-refractivity contribution in [1.82, 2.24) is 24.6 Å². The number of carbonyl (C=O) groups is 1. The summed E-state index contributed by atoms with van der Waals surface area (Å²) in [5.41, 5.74) is 3.94. The quantitative estimate of drug-likeness (QED) is 0.648. The molecule has 1 amide bonds. The third-order valence-electron chi connectivity index (χ3n) is 5.48. The maximum Gasteiger partial charge on any atom is 0.258 e. The van der Waals surface area contributed by atoms with Gasteiger partial charge < -0.3 is 4.74 Å². The summed E-state index contributed by atoms with van der Waals surface area (Å²) < 4.78 is 7.54. The number of aromatic nitrogens is 4.